The Labute approximate surface area is 220 Å². The number of nitrogens with one attached hydrogen (secondary N) is 1. The van der Waals surface area contributed by atoms with Crippen molar-refractivity contribution in [3.63, 3.8) is 0 Å². The van der Waals surface area contributed by atoms with Gasteiger partial charge in [-0.25, -0.2) is 4.39 Å². The molecule has 0 aromatic heterocycles. The highest BCUT2D eigenvalue weighted by atomic mass is 79.9. The molecule has 1 atom stereocenters. The van der Waals surface area contributed by atoms with Crippen LogP contribution in [0, 0.1) is 5.82 Å². The van der Waals surface area contributed by atoms with Crippen molar-refractivity contribution in [1.82, 2.24) is 10.2 Å². The third-order valence-corrected chi connectivity index (χ3v) is 6.55. The molecule has 0 fully saturated rings. The lowest BCUT2D eigenvalue weighted by Gasteiger charge is -2.31. The first-order chi connectivity index (χ1) is 17.1. The Balaban J connectivity index is 1.86. The number of carbonyl (C=O) groups is 2. The Morgan fingerprint density at radius 3 is 2.25 bits per heavy atom. The first kappa shape index (κ1) is 27.4. The first-order valence-corrected chi connectivity index (χ1v) is 12.6. The molecule has 3 aromatic carbocycles. The fourth-order valence-corrected chi connectivity index (χ4v) is 4.31. The van der Waals surface area contributed by atoms with Gasteiger partial charge in [0.2, 0.25) is 5.91 Å². The number of rotatable bonds is 9. The molecule has 3 aromatic rings. The van der Waals surface area contributed by atoms with Gasteiger partial charge in [0.1, 0.15) is 17.6 Å². The number of nitrogens with zero attached hydrogens (tertiary/aromatic N) is 1. The molecular formula is C29H32BrFN2O3. The van der Waals surface area contributed by atoms with E-state index in [-0.39, 0.29) is 36.2 Å². The predicted octanol–water partition coefficient (Wildman–Crippen LogP) is 5.65. The molecule has 0 heterocycles. The van der Waals surface area contributed by atoms with Crippen molar-refractivity contribution in [2.75, 3.05) is 13.7 Å². The Morgan fingerprint density at radius 2 is 1.67 bits per heavy atom. The van der Waals surface area contributed by atoms with E-state index in [2.05, 4.69) is 42.0 Å². The highest BCUT2D eigenvalue weighted by Crippen LogP contribution is 2.31. The molecule has 5 nitrogen and oxygen atoms in total. The van der Waals surface area contributed by atoms with E-state index < -0.39 is 6.04 Å². The van der Waals surface area contributed by atoms with Gasteiger partial charge >= 0.3 is 0 Å². The Kier molecular flexibility index (Phi) is 9.26. The molecule has 3 rings (SSSR count). The minimum absolute atomic E-state index is 0.0268. The van der Waals surface area contributed by atoms with Crippen LogP contribution < -0.4 is 10.1 Å². The summed E-state index contributed by atoms with van der Waals surface area (Å²) in [6, 6.07) is 20.5. The summed E-state index contributed by atoms with van der Waals surface area (Å²) in [7, 11) is 1.55. The quantitative estimate of drug-likeness (QED) is 0.371. The summed E-state index contributed by atoms with van der Waals surface area (Å²) in [5.41, 5.74) is 2.74. The molecule has 0 aliphatic carbocycles. The van der Waals surface area contributed by atoms with E-state index >= 15 is 0 Å². The van der Waals surface area contributed by atoms with Crippen molar-refractivity contribution < 1.29 is 18.7 Å². The molecule has 36 heavy (non-hydrogen) atoms. The maximum Gasteiger partial charge on any atom is 0.261 e. The maximum atomic E-state index is 13.5. The Morgan fingerprint density at radius 1 is 1.00 bits per heavy atom. The second-order valence-electron chi connectivity index (χ2n) is 9.65. The highest BCUT2D eigenvalue weighted by molar-refractivity contribution is 9.10. The SMILES string of the molecule is CNC(=O)[C@@H](Cc1ccccc1)N(Cc1ccc(F)cc1)C(=O)COc1ccc(C(C)(C)C)cc1Br. The maximum absolute atomic E-state index is 13.5. The lowest BCUT2D eigenvalue weighted by Crippen LogP contribution is -2.51. The van der Waals surface area contributed by atoms with E-state index in [4.69, 9.17) is 4.74 Å². The second-order valence-corrected chi connectivity index (χ2v) is 10.5. The summed E-state index contributed by atoms with van der Waals surface area (Å²) in [4.78, 5) is 28.0. The molecule has 0 unspecified atom stereocenters. The van der Waals surface area contributed by atoms with E-state index in [0.717, 1.165) is 15.6 Å². The van der Waals surface area contributed by atoms with Crippen molar-refractivity contribution in [3.8, 4) is 5.75 Å². The normalized spacial score (nSPS) is 12.1. The second kappa shape index (κ2) is 12.2. The van der Waals surface area contributed by atoms with Gasteiger partial charge in [0.05, 0.1) is 4.47 Å². The zero-order valence-electron chi connectivity index (χ0n) is 21.1. The smallest absolute Gasteiger partial charge is 0.261 e. The zero-order valence-corrected chi connectivity index (χ0v) is 22.6. The van der Waals surface area contributed by atoms with Crippen LogP contribution in [0.1, 0.15) is 37.5 Å². The summed E-state index contributed by atoms with van der Waals surface area (Å²) in [5, 5.41) is 2.68. The van der Waals surface area contributed by atoms with Crippen molar-refractivity contribution >= 4 is 27.7 Å². The molecule has 190 valence electrons. The molecule has 0 saturated heterocycles. The Hall–Kier alpha value is -3.19. The van der Waals surface area contributed by atoms with Crippen LogP contribution in [-0.2, 0) is 28.0 Å². The van der Waals surface area contributed by atoms with Gasteiger partial charge in [-0.3, -0.25) is 9.59 Å². The van der Waals surface area contributed by atoms with E-state index in [9.17, 15) is 14.0 Å². The predicted molar refractivity (Wildman–Crippen MR) is 143 cm³/mol. The molecule has 7 heteroatoms. The topological polar surface area (TPSA) is 58.6 Å². The van der Waals surface area contributed by atoms with Crippen LogP contribution in [0.4, 0.5) is 4.39 Å². The number of benzene rings is 3. The van der Waals surface area contributed by atoms with E-state index in [0.29, 0.717) is 17.7 Å². The number of carbonyl (C=O) groups excluding carboxylic acids is 2. The molecular weight excluding hydrogens is 523 g/mol. The number of amides is 2. The van der Waals surface area contributed by atoms with Crippen molar-refractivity contribution in [2.24, 2.45) is 0 Å². The van der Waals surface area contributed by atoms with Crippen molar-refractivity contribution in [1.29, 1.82) is 0 Å². The lowest BCUT2D eigenvalue weighted by molar-refractivity contribution is -0.142. The number of likely N-dealkylation sites (N-methyl/N-ethyl adjacent to an activating group) is 1. The molecule has 0 radical (unpaired) electrons. The summed E-state index contributed by atoms with van der Waals surface area (Å²) in [6.07, 6.45) is 0.331. The molecule has 0 spiro atoms. The third-order valence-electron chi connectivity index (χ3n) is 5.93. The number of hydrogen-bond donors (Lipinski definition) is 1. The average Bonchev–Trinajstić information content (AvgIpc) is 2.86. The molecule has 0 saturated carbocycles. The summed E-state index contributed by atoms with van der Waals surface area (Å²) in [6.45, 7) is 6.25. The van der Waals surface area contributed by atoms with E-state index in [1.54, 1.807) is 19.2 Å². The monoisotopic (exact) mass is 554 g/mol. The van der Waals surface area contributed by atoms with Gasteiger partial charge in [0, 0.05) is 20.0 Å². The van der Waals surface area contributed by atoms with Crippen LogP contribution in [0.3, 0.4) is 0 Å². The van der Waals surface area contributed by atoms with Gasteiger partial charge in [-0.2, -0.15) is 0 Å². The van der Waals surface area contributed by atoms with Gasteiger partial charge in [-0.05, 0) is 62.3 Å². The Bertz CT molecular complexity index is 1180. The molecule has 0 aliphatic rings. The number of hydrogen-bond acceptors (Lipinski definition) is 3. The van der Waals surface area contributed by atoms with Crippen LogP contribution in [0.5, 0.6) is 5.75 Å². The highest BCUT2D eigenvalue weighted by Gasteiger charge is 2.30. The molecule has 0 aliphatic heterocycles. The fraction of sp³-hybridized carbons (Fsp3) is 0.310. The van der Waals surface area contributed by atoms with Gasteiger partial charge < -0.3 is 15.0 Å². The van der Waals surface area contributed by atoms with Gasteiger partial charge in [-0.15, -0.1) is 0 Å². The third kappa shape index (κ3) is 7.40. The largest absolute Gasteiger partial charge is 0.483 e. The van der Waals surface area contributed by atoms with Crippen molar-refractivity contribution in [3.05, 3.63) is 99.8 Å². The first-order valence-electron chi connectivity index (χ1n) is 11.8. The van der Waals surface area contributed by atoms with Crippen LogP contribution in [0.15, 0.2) is 77.3 Å². The minimum Gasteiger partial charge on any atom is -0.483 e. The van der Waals surface area contributed by atoms with Gasteiger partial charge in [0.25, 0.3) is 5.91 Å². The fourth-order valence-electron chi connectivity index (χ4n) is 3.81. The van der Waals surface area contributed by atoms with Crippen LogP contribution in [0.25, 0.3) is 0 Å². The van der Waals surface area contributed by atoms with Gasteiger partial charge in [-0.1, -0.05) is 69.3 Å². The average molecular weight is 555 g/mol. The van der Waals surface area contributed by atoms with Crippen LogP contribution in [0.2, 0.25) is 0 Å². The van der Waals surface area contributed by atoms with Crippen molar-refractivity contribution in [2.45, 2.75) is 45.2 Å². The standard InChI is InChI=1S/C29H32BrFN2O3/c1-29(2,3)22-12-15-26(24(30)17-22)36-19-27(34)33(18-21-10-13-23(31)14-11-21)25(28(35)32-4)16-20-8-6-5-7-9-20/h5-15,17,25H,16,18-19H2,1-4H3,(H,32,35)/t25-/m1/s1. The van der Waals surface area contributed by atoms with E-state index in [1.165, 1.54) is 17.0 Å². The van der Waals surface area contributed by atoms with Gasteiger partial charge in [0.15, 0.2) is 6.61 Å². The number of ether oxygens (including phenoxy) is 1. The molecule has 2 amide bonds. The lowest BCUT2D eigenvalue weighted by atomic mass is 9.87. The number of halogens is 2. The summed E-state index contributed by atoms with van der Waals surface area (Å²) >= 11 is 3.55. The molecule has 0 bridgehead atoms. The van der Waals surface area contributed by atoms with Crippen LogP contribution in [-0.4, -0.2) is 36.4 Å². The minimum atomic E-state index is -0.773. The summed E-state index contributed by atoms with van der Waals surface area (Å²) < 4.78 is 20.1. The summed E-state index contributed by atoms with van der Waals surface area (Å²) in [5.74, 6) is -0.464. The van der Waals surface area contributed by atoms with E-state index in [1.807, 2.05) is 48.5 Å². The zero-order chi connectivity index (χ0) is 26.3. The molecule has 1 N–H and O–H groups in total. The van der Waals surface area contributed by atoms with Crippen LogP contribution >= 0.6 is 15.9 Å².